The highest BCUT2D eigenvalue weighted by molar-refractivity contribution is 5.75. The minimum Gasteiger partial charge on any atom is -0.481 e. The van der Waals surface area contributed by atoms with Crippen molar-refractivity contribution in [2.24, 2.45) is 11.3 Å². The predicted octanol–water partition coefficient (Wildman–Crippen LogP) is 3.79. The molecule has 19 heavy (non-hydrogen) atoms. The van der Waals surface area contributed by atoms with E-state index >= 15 is 0 Å². The Hall–Kier alpha value is -1.45. The normalized spacial score (nSPS) is 27.2. The van der Waals surface area contributed by atoms with E-state index in [4.69, 9.17) is 0 Å². The van der Waals surface area contributed by atoms with Crippen LogP contribution in [0, 0.1) is 23.0 Å². The van der Waals surface area contributed by atoms with Gasteiger partial charge in [-0.25, -0.2) is 8.78 Å². The third-order valence-electron chi connectivity index (χ3n) is 4.26. The van der Waals surface area contributed by atoms with Crippen molar-refractivity contribution in [3.8, 4) is 0 Å². The lowest BCUT2D eigenvalue weighted by Gasteiger charge is -2.36. The van der Waals surface area contributed by atoms with Gasteiger partial charge < -0.3 is 5.11 Å². The van der Waals surface area contributed by atoms with Crippen molar-refractivity contribution in [3.05, 3.63) is 35.4 Å². The molecule has 2 rings (SSSR count). The van der Waals surface area contributed by atoms with Gasteiger partial charge in [-0.2, -0.15) is 0 Å². The Morgan fingerprint density at radius 3 is 2.32 bits per heavy atom. The number of carbonyl (C=O) groups is 1. The molecule has 0 amide bonds. The van der Waals surface area contributed by atoms with Gasteiger partial charge in [0.25, 0.3) is 0 Å². The molecule has 4 heteroatoms. The smallest absolute Gasteiger partial charge is 0.309 e. The van der Waals surface area contributed by atoms with Gasteiger partial charge in [-0.05, 0) is 50.2 Å². The molecule has 0 aromatic heterocycles. The van der Waals surface area contributed by atoms with E-state index in [0.29, 0.717) is 18.8 Å². The van der Waals surface area contributed by atoms with E-state index in [9.17, 15) is 18.7 Å². The van der Waals surface area contributed by atoms with Gasteiger partial charge in [0.15, 0.2) is 0 Å². The molecule has 1 fully saturated rings. The summed E-state index contributed by atoms with van der Waals surface area (Å²) in [4.78, 5) is 11.6. The van der Waals surface area contributed by atoms with E-state index in [2.05, 4.69) is 6.92 Å². The molecule has 0 spiro atoms. The molecular formula is C15H18F2O2. The molecule has 1 aromatic rings. The van der Waals surface area contributed by atoms with Crippen molar-refractivity contribution < 1.29 is 18.7 Å². The van der Waals surface area contributed by atoms with Crippen molar-refractivity contribution in [2.75, 3.05) is 0 Å². The van der Waals surface area contributed by atoms with Gasteiger partial charge in [0, 0.05) is 5.56 Å². The monoisotopic (exact) mass is 268 g/mol. The van der Waals surface area contributed by atoms with Crippen molar-refractivity contribution in [1.82, 2.24) is 0 Å². The van der Waals surface area contributed by atoms with Crippen LogP contribution < -0.4 is 0 Å². The van der Waals surface area contributed by atoms with Crippen LogP contribution in [0.1, 0.15) is 38.2 Å². The zero-order chi connectivity index (χ0) is 14.0. The zero-order valence-electron chi connectivity index (χ0n) is 11.0. The summed E-state index contributed by atoms with van der Waals surface area (Å²) >= 11 is 0. The number of halogens is 2. The standard InChI is InChI=1S/C15H18F2O2/c1-10-5-7-15(8-6-10,14(18)19)9-11-12(16)3-2-4-13(11)17/h2-4,10H,5-9H2,1H3,(H,18,19). The first-order valence-electron chi connectivity index (χ1n) is 6.61. The van der Waals surface area contributed by atoms with Crippen molar-refractivity contribution in [3.63, 3.8) is 0 Å². The van der Waals surface area contributed by atoms with E-state index < -0.39 is 23.0 Å². The molecule has 0 unspecified atom stereocenters. The first kappa shape index (κ1) is 14.0. The third-order valence-corrected chi connectivity index (χ3v) is 4.26. The van der Waals surface area contributed by atoms with E-state index in [1.807, 2.05) is 0 Å². The van der Waals surface area contributed by atoms with Gasteiger partial charge >= 0.3 is 5.97 Å². The summed E-state index contributed by atoms with van der Waals surface area (Å²) in [7, 11) is 0. The topological polar surface area (TPSA) is 37.3 Å². The molecule has 1 aromatic carbocycles. The Balaban J connectivity index is 2.29. The Morgan fingerprint density at radius 2 is 1.84 bits per heavy atom. The van der Waals surface area contributed by atoms with Crippen molar-refractivity contribution >= 4 is 5.97 Å². The lowest BCUT2D eigenvalue weighted by atomic mass is 9.67. The summed E-state index contributed by atoms with van der Waals surface area (Å²) in [5, 5.41) is 9.47. The molecule has 2 nitrogen and oxygen atoms in total. The molecule has 0 radical (unpaired) electrons. The number of hydrogen-bond acceptors (Lipinski definition) is 1. The minimum absolute atomic E-state index is 0.0619. The highest BCUT2D eigenvalue weighted by Crippen LogP contribution is 2.42. The van der Waals surface area contributed by atoms with Crippen LogP contribution in [-0.4, -0.2) is 11.1 Å². The van der Waals surface area contributed by atoms with E-state index in [1.54, 1.807) is 0 Å². The average Bonchev–Trinajstić information content (AvgIpc) is 2.36. The van der Waals surface area contributed by atoms with Gasteiger partial charge in [-0.1, -0.05) is 13.0 Å². The van der Waals surface area contributed by atoms with Crippen LogP contribution in [0.5, 0.6) is 0 Å². The number of benzene rings is 1. The maximum Gasteiger partial charge on any atom is 0.309 e. The van der Waals surface area contributed by atoms with Crippen molar-refractivity contribution in [1.29, 1.82) is 0 Å². The lowest BCUT2D eigenvalue weighted by molar-refractivity contribution is -0.151. The summed E-state index contributed by atoms with van der Waals surface area (Å²) in [6.45, 7) is 2.08. The van der Waals surface area contributed by atoms with Crippen LogP contribution in [0.4, 0.5) is 8.78 Å². The number of hydrogen-bond donors (Lipinski definition) is 1. The van der Waals surface area contributed by atoms with Crippen LogP contribution in [0.3, 0.4) is 0 Å². The van der Waals surface area contributed by atoms with Crippen molar-refractivity contribution in [2.45, 2.75) is 39.0 Å². The fraction of sp³-hybridized carbons (Fsp3) is 0.533. The summed E-state index contributed by atoms with van der Waals surface area (Å²) in [6, 6.07) is 3.66. The average molecular weight is 268 g/mol. The molecular weight excluding hydrogens is 250 g/mol. The predicted molar refractivity (Wildman–Crippen MR) is 67.8 cm³/mol. The van der Waals surface area contributed by atoms with Crippen LogP contribution >= 0.6 is 0 Å². The largest absolute Gasteiger partial charge is 0.481 e. The van der Waals surface area contributed by atoms with Crippen LogP contribution in [0.25, 0.3) is 0 Å². The minimum atomic E-state index is -1.02. The molecule has 0 saturated heterocycles. The SMILES string of the molecule is CC1CCC(Cc2c(F)cccc2F)(C(=O)O)CC1. The first-order valence-corrected chi connectivity index (χ1v) is 6.61. The van der Waals surface area contributed by atoms with Crippen LogP contribution in [0.2, 0.25) is 0 Å². The highest BCUT2D eigenvalue weighted by Gasteiger charge is 2.42. The zero-order valence-corrected chi connectivity index (χ0v) is 11.0. The number of aliphatic carboxylic acids is 1. The Kier molecular flexibility index (Phi) is 3.88. The Labute approximate surface area is 111 Å². The number of carboxylic acids is 1. The molecule has 1 aliphatic carbocycles. The van der Waals surface area contributed by atoms with Crippen LogP contribution in [-0.2, 0) is 11.2 Å². The quantitative estimate of drug-likeness (QED) is 0.905. The highest BCUT2D eigenvalue weighted by atomic mass is 19.1. The Bertz CT molecular complexity index is 457. The van der Waals surface area contributed by atoms with Gasteiger partial charge in [0.2, 0.25) is 0 Å². The second-order valence-electron chi connectivity index (χ2n) is 5.64. The van der Waals surface area contributed by atoms with Gasteiger partial charge in [0.05, 0.1) is 5.41 Å². The fourth-order valence-corrected chi connectivity index (χ4v) is 2.82. The van der Waals surface area contributed by atoms with Gasteiger partial charge in [-0.15, -0.1) is 0 Å². The second-order valence-corrected chi connectivity index (χ2v) is 5.64. The van der Waals surface area contributed by atoms with E-state index in [0.717, 1.165) is 12.8 Å². The van der Waals surface area contributed by atoms with Crippen LogP contribution in [0.15, 0.2) is 18.2 Å². The van der Waals surface area contributed by atoms with E-state index in [-0.39, 0.29) is 12.0 Å². The Morgan fingerprint density at radius 1 is 1.32 bits per heavy atom. The molecule has 104 valence electrons. The summed E-state index contributed by atoms with van der Waals surface area (Å²) < 4.78 is 27.4. The summed E-state index contributed by atoms with van der Waals surface area (Å²) in [6.07, 6.45) is 2.49. The summed E-state index contributed by atoms with van der Waals surface area (Å²) in [5.41, 5.74) is -1.12. The second kappa shape index (κ2) is 5.27. The molecule has 0 bridgehead atoms. The first-order chi connectivity index (χ1) is 8.94. The number of rotatable bonds is 3. The fourth-order valence-electron chi connectivity index (χ4n) is 2.82. The molecule has 1 saturated carbocycles. The van der Waals surface area contributed by atoms with Gasteiger partial charge in [-0.3, -0.25) is 4.79 Å². The molecule has 0 aliphatic heterocycles. The molecule has 0 atom stereocenters. The molecule has 1 aliphatic rings. The number of carboxylic acid groups (broad SMARTS) is 1. The summed E-state index contributed by atoms with van der Waals surface area (Å²) in [5.74, 6) is -1.77. The maximum atomic E-state index is 13.7. The molecule has 1 N–H and O–H groups in total. The molecule has 0 heterocycles. The maximum absolute atomic E-state index is 13.7. The van der Waals surface area contributed by atoms with E-state index in [1.165, 1.54) is 18.2 Å². The third kappa shape index (κ3) is 2.77. The lowest BCUT2D eigenvalue weighted by Crippen LogP contribution is -2.37. The van der Waals surface area contributed by atoms with Gasteiger partial charge in [0.1, 0.15) is 11.6 Å².